The quantitative estimate of drug-likeness (QED) is 0.642. The van der Waals surface area contributed by atoms with E-state index in [2.05, 4.69) is 24.1 Å². The van der Waals surface area contributed by atoms with E-state index in [1.165, 1.54) is 25.8 Å². The summed E-state index contributed by atoms with van der Waals surface area (Å²) in [5, 5.41) is 3.01. The van der Waals surface area contributed by atoms with E-state index in [4.69, 9.17) is 9.47 Å². The van der Waals surface area contributed by atoms with Gasteiger partial charge in [0.2, 0.25) is 0 Å². The normalized spacial score (nSPS) is 17.7. The minimum absolute atomic E-state index is 0.0601. The van der Waals surface area contributed by atoms with Gasteiger partial charge in [0, 0.05) is 24.7 Å². The highest BCUT2D eigenvalue weighted by Gasteiger charge is 2.17. The first-order valence-electron chi connectivity index (χ1n) is 9.98. The second-order valence-electron chi connectivity index (χ2n) is 7.06. The van der Waals surface area contributed by atoms with Gasteiger partial charge in [-0.25, -0.2) is 0 Å². The van der Waals surface area contributed by atoms with Crippen molar-refractivity contribution in [1.82, 2.24) is 10.2 Å². The SMILES string of the molecule is CCCCOc1ccc(C(=O)NCCCN2CCCC[C@@H]2C)cc1OC. The number of piperidine rings is 1. The minimum Gasteiger partial charge on any atom is -0.493 e. The molecule has 0 aromatic heterocycles. The van der Waals surface area contributed by atoms with Crippen molar-refractivity contribution in [3.63, 3.8) is 0 Å². The second kappa shape index (κ2) is 11.1. The first-order chi connectivity index (χ1) is 12.7. The Labute approximate surface area is 158 Å². The third-order valence-corrected chi connectivity index (χ3v) is 5.03. The van der Waals surface area contributed by atoms with Crippen LogP contribution < -0.4 is 14.8 Å². The molecule has 0 saturated carbocycles. The zero-order chi connectivity index (χ0) is 18.8. The molecule has 5 heteroatoms. The molecule has 0 spiro atoms. The zero-order valence-corrected chi connectivity index (χ0v) is 16.6. The van der Waals surface area contributed by atoms with E-state index in [0.29, 0.717) is 36.3 Å². The molecule has 1 aromatic carbocycles. The second-order valence-corrected chi connectivity index (χ2v) is 7.06. The molecule has 1 aliphatic heterocycles. The Balaban J connectivity index is 1.79. The first-order valence-corrected chi connectivity index (χ1v) is 9.98. The summed E-state index contributed by atoms with van der Waals surface area (Å²) >= 11 is 0. The predicted octanol–water partition coefficient (Wildman–Crippen LogP) is 3.87. The fourth-order valence-electron chi connectivity index (χ4n) is 3.33. The van der Waals surface area contributed by atoms with Crippen LogP contribution in [0.4, 0.5) is 0 Å². The number of unbranched alkanes of at least 4 members (excludes halogenated alkanes) is 1. The van der Waals surface area contributed by atoms with Crippen molar-refractivity contribution in [1.29, 1.82) is 0 Å². The van der Waals surface area contributed by atoms with Crippen LogP contribution in [0, 0.1) is 0 Å². The highest BCUT2D eigenvalue weighted by Crippen LogP contribution is 2.28. The Morgan fingerprint density at radius 3 is 2.85 bits per heavy atom. The molecule has 0 unspecified atom stereocenters. The van der Waals surface area contributed by atoms with Crippen molar-refractivity contribution >= 4 is 5.91 Å². The Morgan fingerprint density at radius 1 is 1.27 bits per heavy atom. The van der Waals surface area contributed by atoms with Crippen LogP contribution in [-0.4, -0.2) is 50.2 Å². The van der Waals surface area contributed by atoms with Gasteiger partial charge in [-0.15, -0.1) is 0 Å². The van der Waals surface area contributed by atoms with Gasteiger partial charge in [0.15, 0.2) is 11.5 Å². The van der Waals surface area contributed by atoms with E-state index in [-0.39, 0.29) is 5.91 Å². The van der Waals surface area contributed by atoms with Gasteiger partial charge in [0.1, 0.15) is 0 Å². The summed E-state index contributed by atoms with van der Waals surface area (Å²) < 4.78 is 11.1. The lowest BCUT2D eigenvalue weighted by Gasteiger charge is -2.33. The average molecular weight is 363 g/mol. The van der Waals surface area contributed by atoms with Gasteiger partial charge in [-0.2, -0.15) is 0 Å². The molecule has 1 amide bonds. The maximum absolute atomic E-state index is 12.4. The maximum Gasteiger partial charge on any atom is 0.251 e. The fraction of sp³-hybridized carbons (Fsp3) is 0.667. The van der Waals surface area contributed by atoms with Crippen LogP contribution in [0.1, 0.15) is 62.7 Å². The number of nitrogens with one attached hydrogen (secondary N) is 1. The molecule has 0 aliphatic carbocycles. The lowest BCUT2D eigenvalue weighted by Crippen LogP contribution is -2.39. The number of methoxy groups -OCH3 is 1. The molecule has 1 fully saturated rings. The van der Waals surface area contributed by atoms with Crippen molar-refractivity contribution < 1.29 is 14.3 Å². The summed E-state index contributed by atoms with van der Waals surface area (Å²) in [7, 11) is 1.60. The maximum atomic E-state index is 12.4. The van der Waals surface area contributed by atoms with Crippen LogP contribution in [0.15, 0.2) is 18.2 Å². The highest BCUT2D eigenvalue weighted by molar-refractivity contribution is 5.94. The monoisotopic (exact) mass is 362 g/mol. The molecule has 2 rings (SSSR count). The molecule has 1 atom stereocenters. The van der Waals surface area contributed by atoms with E-state index >= 15 is 0 Å². The number of amides is 1. The van der Waals surface area contributed by atoms with E-state index < -0.39 is 0 Å². The molecule has 0 bridgehead atoms. The van der Waals surface area contributed by atoms with E-state index in [1.54, 1.807) is 19.2 Å². The Morgan fingerprint density at radius 2 is 2.12 bits per heavy atom. The zero-order valence-electron chi connectivity index (χ0n) is 16.6. The van der Waals surface area contributed by atoms with Crippen molar-refractivity contribution in [3.8, 4) is 11.5 Å². The van der Waals surface area contributed by atoms with Crippen molar-refractivity contribution in [3.05, 3.63) is 23.8 Å². The lowest BCUT2D eigenvalue weighted by molar-refractivity contribution is 0.0948. The molecule has 1 N–H and O–H groups in total. The Hall–Kier alpha value is -1.75. The van der Waals surface area contributed by atoms with Crippen molar-refractivity contribution in [2.45, 2.75) is 58.4 Å². The van der Waals surface area contributed by atoms with Crippen LogP contribution in [0.2, 0.25) is 0 Å². The van der Waals surface area contributed by atoms with Gasteiger partial charge in [0.05, 0.1) is 13.7 Å². The van der Waals surface area contributed by atoms with Gasteiger partial charge in [0.25, 0.3) is 5.91 Å². The number of ether oxygens (including phenoxy) is 2. The topological polar surface area (TPSA) is 50.8 Å². The number of rotatable bonds is 10. The van der Waals surface area contributed by atoms with E-state index in [1.807, 2.05) is 6.07 Å². The third kappa shape index (κ3) is 6.20. The molecular weight excluding hydrogens is 328 g/mol. The van der Waals surface area contributed by atoms with Gasteiger partial charge in [-0.05, 0) is 57.4 Å². The first kappa shape index (κ1) is 20.6. The summed E-state index contributed by atoms with van der Waals surface area (Å²) in [6.45, 7) is 8.02. The number of hydrogen-bond acceptors (Lipinski definition) is 4. The van der Waals surface area contributed by atoms with Crippen LogP contribution in [0.5, 0.6) is 11.5 Å². The van der Waals surface area contributed by atoms with E-state index in [0.717, 1.165) is 25.8 Å². The fourth-order valence-corrected chi connectivity index (χ4v) is 3.33. The summed E-state index contributed by atoms with van der Waals surface area (Å²) in [5.74, 6) is 1.24. The summed E-state index contributed by atoms with van der Waals surface area (Å²) in [6.07, 6.45) is 6.99. The third-order valence-electron chi connectivity index (χ3n) is 5.03. The number of hydrogen-bond donors (Lipinski definition) is 1. The highest BCUT2D eigenvalue weighted by atomic mass is 16.5. The van der Waals surface area contributed by atoms with Crippen molar-refractivity contribution in [2.24, 2.45) is 0 Å². The van der Waals surface area contributed by atoms with Crippen LogP contribution in [-0.2, 0) is 0 Å². The number of nitrogens with zero attached hydrogens (tertiary/aromatic N) is 1. The Kier molecular flexibility index (Phi) is 8.75. The molecule has 0 radical (unpaired) electrons. The molecule has 1 aromatic rings. The molecule has 1 saturated heterocycles. The molecule has 5 nitrogen and oxygen atoms in total. The van der Waals surface area contributed by atoms with Gasteiger partial charge in [-0.1, -0.05) is 19.8 Å². The van der Waals surface area contributed by atoms with Gasteiger partial charge in [-0.3, -0.25) is 4.79 Å². The molecule has 1 heterocycles. The smallest absolute Gasteiger partial charge is 0.251 e. The van der Waals surface area contributed by atoms with Gasteiger partial charge >= 0.3 is 0 Å². The Bertz CT molecular complexity index is 562. The minimum atomic E-state index is -0.0601. The standard InChI is InChI=1S/C21H34N2O3/c1-4-5-15-26-19-11-10-18(16-20(19)25-3)21(24)22-12-8-14-23-13-7-6-9-17(23)2/h10-11,16-17H,4-9,12-15H2,1-3H3,(H,22,24)/t17-/m0/s1. The van der Waals surface area contributed by atoms with Crippen LogP contribution in [0.3, 0.4) is 0 Å². The van der Waals surface area contributed by atoms with Crippen molar-refractivity contribution in [2.75, 3.05) is 33.4 Å². The van der Waals surface area contributed by atoms with Crippen LogP contribution in [0.25, 0.3) is 0 Å². The summed E-state index contributed by atoms with van der Waals surface area (Å²) in [4.78, 5) is 14.9. The molecule has 146 valence electrons. The molecule has 26 heavy (non-hydrogen) atoms. The number of carbonyl (C=O) groups excluding carboxylic acids is 1. The van der Waals surface area contributed by atoms with Gasteiger partial charge < -0.3 is 19.7 Å². The lowest BCUT2D eigenvalue weighted by atomic mass is 10.0. The molecule has 1 aliphatic rings. The van der Waals surface area contributed by atoms with E-state index in [9.17, 15) is 4.79 Å². The average Bonchev–Trinajstić information content (AvgIpc) is 2.66. The molecular formula is C21H34N2O3. The number of likely N-dealkylation sites (tertiary alicyclic amines) is 1. The summed E-state index contributed by atoms with van der Waals surface area (Å²) in [6, 6.07) is 6.04. The summed E-state index contributed by atoms with van der Waals surface area (Å²) in [5.41, 5.74) is 0.607. The number of benzene rings is 1. The van der Waals surface area contributed by atoms with Crippen LogP contribution >= 0.6 is 0 Å². The number of carbonyl (C=O) groups is 1. The predicted molar refractivity (Wildman–Crippen MR) is 105 cm³/mol. The largest absolute Gasteiger partial charge is 0.493 e.